The molecule has 1 aliphatic rings. The first-order chi connectivity index (χ1) is 7.24. The summed E-state index contributed by atoms with van der Waals surface area (Å²) in [6, 6.07) is 3.56. The van der Waals surface area contributed by atoms with Crippen LogP contribution >= 0.6 is 0 Å². The Labute approximate surface area is 89.8 Å². The van der Waals surface area contributed by atoms with Crippen molar-refractivity contribution in [1.82, 2.24) is 0 Å². The Hall–Kier alpha value is -0.995. The van der Waals surface area contributed by atoms with Crippen LogP contribution < -0.4 is 10.2 Å². The third-order valence-electron chi connectivity index (χ3n) is 3.03. The minimum Gasteiger partial charge on any atom is -0.496 e. The predicted molar refractivity (Wildman–Crippen MR) is 59.5 cm³/mol. The molecule has 0 heterocycles. The second-order valence-electron chi connectivity index (χ2n) is 3.89. The first-order valence-corrected chi connectivity index (χ1v) is 5.29. The SMILES string of the molecule is COc1ccc(B(O)O)c2c1CCCC2. The van der Waals surface area contributed by atoms with Crippen molar-refractivity contribution >= 4 is 12.6 Å². The van der Waals surface area contributed by atoms with Gasteiger partial charge in [0.15, 0.2) is 0 Å². The molecule has 0 radical (unpaired) electrons. The van der Waals surface area contributed by atoms with Gasteiger partial charge in [0, 0.05) is 0 Å². The third kappa shape index (κ3) is 1.87. The van der Waals surface area contributed by atoms with Gasteiger partial charge in [-0.25, -0.2) is 0 Å². The van der Waals surface area contributed by atoms with Gasteiger partial charge >= 0.3 is 7.12 Å². The van der Waals surface area contributed by atoms with Crippen LogP contribution in [0.2, 0.25) is 0 Å². The van der Waals surface area contributed by atoms with Gasteiger partial charge in [-0.15, -0.1) is 0 Å². The first kappa shape index (κ1) is 10.5. The Morgan fingerprint density at radius 3 is 2.40 bits per heavy atom. The zero-order valence-electron chi connectivity index (χ0n) is 8.86. The van der Waals surface area contributed by atoms with Gasteiger partial charge in [-0.3, -0.25) is 0 Å². The quantitative estimate of drug-likeness (QED) is 0.682. The van der Waals surface area contributed by atoms with Gasteiger partial charge < -0.3 is 14.8 Å². The molecule has 0 fully saturated rings. The van der Waals surface area contributed by atoms with Gasteiger partial charge in [-0.05, 0) is 48.3 Å². The zero-order chi connectivity index (χ0) is 10.8. The van der Waals surface area contributed by atoms with Crippen LogP contribution in [0.5, 0.6) is 5.75 Å². The van der Waals surface area contributed by atoms with Crippen molar-refractivity contribution in [2.45, 2.75) is 25.7 Å². The van der Waals surface area contributed by atoms with Crippen molar-refractivity contribution < 1.29 is 14.8 Å². The molecule has 0 spiro atoms. The van der Waals surface area contributed by atoms with Crippen molar-refractivity contribution in [2.24, 2.45) is 0 Å². The van der Waals surface area contributed by atoms with E-state index in [0.29, 0.717) is 5.46 Å². The number of hydrogen-bond acceptors (Lipinski definition) is 3. The number of hydrogen-bond donors (Lipinski definition) is 2. The van der Waals surface area contributed by atoms with Crippen LogP contribution in [-0.2, 0) is 12.8 Å². The fourth-order valence-corrected chi connectivity index (χ4v) is 2.30. The molecule has 0 saturated carbocycles. The number of rotatable bonds is 2. The van der Waals surface area contributed by atoms with Gasteiger partial charge in [-0.2, -0.15) is 0 Å². The van der Waals surface area contributed by atoms with Gasteiger partial charge in [0.1, 0.15) is 5.75 Å². The van der Waals surface area contributed by atoms with Crippen LogP contribution in [0.4, 0.5) is 0 Å². The molecule has 0 atom stereocenters. The average Bonchev–Trinajstić information content (AvgIpc) is 2.27. The van der Waals surface area contributed by atoms with Gasteiger partial charge in [0.05, 0.1) is 7.11 Å². The Bertz CT molecular complexity index is 363. The maximum atomic E-state index is 9.26. The summed E-state index contributed by atoms with van der Waals surface area (Å²) >= 11 is 0. The number of fused-ring (bicyclic) bond motifs is 1. The smallest absolute Gasteiger partial charge is 0.488 e. The molecule has 0 saturated heterocycles. The first-order valence-electron chi connectivity index (χ1n) is 5.29. The molecule has 0 bridgehead atoms. The zero-order valence-corrected chi connectivity index (χ0v) is 8.86. The molecule has 0 aromatic heterocycles. The lowest BCUT2D eigenvalue weighted by Crippen LogP contribution is -2.34. The van der Waals surface area contributed by atoms with Crippen LogP contribution in [0.3, 0.4) is 0 Å². The monoisotopic (exact) mass is 206 g/mol. The molecule has 1 aromatic carbocycles. The van der Waals surface area contributed by atoms with E-state index >= 15 is 0 Å². The lowest BCUT2D eigenvalue weighted by molar-refractivity contribution is 0.405. The minimum atomic E-state index is -1.37. The van der Waals surface area contributed by atoms with Crippen molar-refractivity contribution in [1.29, 1.82) is 0 Å². The summed E-state index contributed by atoms with van der Waals surface area (Å²) in [4.78, 5) is 0. The summed E-state index contributed by atoms with van der Waals surface area (Å²) in [6.45, 7) is 0. The number of benzene rings is 1. The standard InChI is InChI=1S/C11H15BO3/c1-15-11-7-6-10(12(13)14)8-4-2-3-5-9(8)11/h6-7,13-14H,2-5H2,1H3. The minimum absolute atomic E-state index is 0.630. The maximum absolute atomic E-state index is 9.26. The fraction of sp³-hybridized carbons (Fsp3) is 0.455. The van der Waals surface area contributed by atoms with Crippen LogP contribution in [0, 0.1) is 0 Å². The Balaban J connectivity index is 2.52. The van der Waals surface area contributed by atoms with E-state index < -0.39 is 7.12 Å². The van der Waals surface area contributed by atoms with E-state index in [4.69, 9.17) is 4.74 Å². The molecule has 2 rings (SSSR count). The van der Waals surface area contributed by atoms with E-state index in [0.717, 1.165) is 42.6 Å². The molecule has 1 aromatic rings. The van der Waals surface area contributed by atoms with Crippen LogP contribution in [0.15, 0.2) is 12.1 Å². The van der Waals surface area contributed by atoms with Crippen LogP contribution in [-0.4, -0.2) is 24.3 Å². The molecule has 2 N–H and O–H groups in total. The van der Waals surface area contributed by atoms with Crippen LogP contribution in [0.1, 0.15) is 24.0 Å². The molecular formula is C11H15BO3. The van der Waals surface area contributed by atoms with Gasteiger partial charge in [0.25, 0.3) is 0 Å². The molecule has 4 heteroatoms. The molecule has 0 unspecified atom stereocenters. The Morgan fingerprint density at radius 2 is 1.80 bits per heavy atom. The highest BCUT2D eigenvalue weighted by atomic mass is 16.5. The average molecular weight is 206 g/mol. The molecule has 15 heavy (non-hydrogen) atoms. The van der Waals surface area contributed by atoms with Gasteiger partial charge in [0.2, 0.25) is 0 Å². The van der Waals surface area contributed by atoms with E-state index in [9.17, 15) is 10.0 Å². The van der Waals surface area contributed by atoms with E-state index in [2.05, 4.69) is 0 Å². The summed E-state index contributed by atoms with van der Waals surface area (Å²) in [6.07, 6.45) is 4.15. The predicted octanol–water partition coefficient (Wildman–Crippen LogP) is 0.254. The molecular weight excluding hydrogens is 191 g/mol. The van der Waals surface area contributed by atoms with Crippen LogP contribution in [0.25, 0.3) is 0 Å². The number of ether oxygens (including phenoxy) is 1. The summed E-state index contributed by atoms with van der Waals surface area (Å²) in [5.41, 5.74) is 2.84. The lowest BCUT2D eigenvalue weighted by atomic mass is 9.72. The molecule has 3 nitrogen and oxygen atoms in total. The second kappa shape index (κ2) is 4.25. The largest absolute Gasteiger partial charge is 0.496 e. The van der Waals surface area contributed by atoms with E-state index in [-0.39, 0.29) is 0 Å². The van der Waals surface area contributed by atoms with Crippen molar-refractivity contribution in [3.8, 4) is 5.75 Å². The van der Waals surface area contributed by atoms with Crippen molar-refractivity contribution in [2.75, 3.05) is 7.11 Å². The summed E-state index contributed by atoms with van der Waals surface area (Å²) < 4.78 is 5.28. The highest BCUT2D eigenvalue weighted by Gasteiger charge is 2.22. The Kier molecular flexibility index (Phi) is 2.98. The van der Waals surface area contributed by atoms with Crippen molar-refractivity contribution in [3.63, 3.8) is 0 Å². The van der Waals surface area contributed by atoms with E-state index in [1.165, 1.54) is 0 Å². The topological polar surface area (TPSA) is 49.7 Å². The lowest BCUT2D eigenvalue weighted by Gasteiger charge is -2.21. The normalized spacial score (nSPS) is 14.6. The molecule has 0 amide bonds. The van der Waals surface area contributed by atoms with E-state index in [1.54, 1.807) is 13.2 Å². The fourth-order valence-electron chi connectivity index (χ4n) is 2.30. The summed E-state index contributed by atoms with van der Waals surface area (Å²) in [5, 5.41) is 18.5. The van der Waals surface area contributed by atoms with Crippen molar-refractivity contribution in [3.05, 3.63) is 23.3 Å². The third-order valence-corrected chi connectivity index (χ3v) is 3.03. The summed E-state index contributed by atoms with van der Waals surface area (Å²) in [5.74, 6) is 0.870. The van der Waals surface area contributed by atoms with Gasteiger partial charge in [-0.1, -0.05) is 6.07 Å². The highest BCUT2D eigenvalue weighted by molar-refractivity contribution is 6.59. The molecule has 80 valence electrons. The molecule has 0 aliphatic heterocycles. The maximum Gasteiger partial charge on any atom is 0.488 e. The number of methoxy groups -OCH3 is 1. The highest BCUT2D eigenvalue weighted by Crippen LogP contribution is 2.28. The second-order valence-corrected chi connectivity index (χ2v) is 3.89. The van der Waals surface area contributed by atoms with E-state index in [1.807, 2.05) is 6.07 Å². The molecule has 1 aliphatic carbocycles. The Morgan fingerprint density at radius 1 is 1.13 bits per heavy atom. The summed E-state index contributed by atoms with van der Waals surface area (Å²) in [7, 11) is 0.280.